The average molecular weight is 428 g/mol. The van der Waals surface area contributed by atoms with Crippen molar-refractivity contribution in [1.82, 2.24) is 25.1 Å². The van der Waals surface area contributed by atoms with Gasteiger partial charge in [0.2, 0.25) is 0 Å². The molecular formula is C24H18FN5S. The molecule has 0 aliphatic heterocycles. The average Bonchev–Trinajstić information content (AvgIpc) is 3.50. The minimum absolute atomic E-state index is 0.237. The van der Waals surface area contributed by atoms with Crippen LogP contribution in [0, 0.1) is 12.1 Å². The van der Waals surface area contributed by atoms with Crippen molar-refractivity contribution < 1.29 is 4.39 Å². The van der Waals surface area contributed by atoms with Crippen LogP contribution in [0.2, 0.25) is 0 Å². The number of halogens is 1. The summed E-state index contributed by atoms with van der Waals surface area (Å²) in [5.41, 5.74) is 5.95. The summed E-state index contributed by atoms with van der Waals surface area (Å²) in [6.07, 6.45) is 5.31. The summed E-state index contributed by atoms with van der Waals surface area (Å²) < 4.78 is 13.6. The number of pyridine rings is 1. The lowest BCUT2D eigenvalue weighted by atomic mass is 10.1. The van der Waals surface area contributed by atoms with E-state index in [4.69, 9.17) is 4.98 Å². The standard InChI is InChI=1S/C24H18FN5S/c1-3-6-16(20-10-11-21(25)31-20)22-14(2)27-24(28-22)23-17-13-15(8-9-19(17)29-30-23)18-7-4-5-12-26-18/h3-13H,1H2,2H3,(H,27,28)(H,29,30)/b16-6-. The van der Waals surface area contributed by atoms with Crippen LogP contribution in [0.25, 0.3) is 39.3 Å². The number of hydrogen-bond donors (Lipinski definition) is 2. The maximum atomic E-state index is 13.6. The number of rotatable bonds is 5. The van der Waals surface area contributed by atoms with Gasteiger partial charge in [0.05, 0.1) is 16.9 Å². The molecule has 4 aromatic heterocycles. The molecule has 5 nitrogen and oxygen atoms in total. The molecule has 5 aromatic rings. The van der Waals surface area contributed by atoms with Gasteiger partial charge in [-0.25, -0.2) is 4.98 Å². The molecule has 0 amide bonds. The Bertz CT molecular complexity index is 1430. The fraction of sp³-hybridized carbons (Fsp3) is 0.0417. The molecule has 152 valence electrons. The van der Waals surface area contributed by atoms with Crippen molar-refractivity contribution in [3.05, 3.63) is 94.9 Å². The molecule has 2 N–H and O–H groups in total. The zero-order chi connectivity index (χ0) is 21.4. The number of imidazole rings is 1. The molecule has 0 radical (unpaired) electrons. The lowest BCUT2D eigenvalue weighted by Crippen LogP contribution is -1.88. The van der Waals surface area contributed by atoms with Crippen molar-refractivity contribution in [2.24, 2.45) is 0 Å². The van der Waals surface area contributed by atoms with E-state index in [1.54, 1.807) is 18.3 Å². The van der Waals surface area contributed by atoms with Crippen LogP contribution in [0.3, 0.4) is 0 Å². The van der Waals surface area contributed by atoms with E-state index in [0.717, 1.165) is 61.0 Å². The van der Waals surface area contributed by atoms with Gasteiger partial charge in [0.15, 0.2) is 11.0 Å². The van der Waals surface area contributed by atoms with E-state index < -0.39 is 0 Å². The zero-order valence-corrected chi connectivity index (χ0v) is 17.5. The van der Waals surface area contributed by atoms with Gasteiger partial charge in [-0.1, -0.05) is 30.9 Å². The summed E-state index contributed by atoms with van der Waals surface area (Å²) >= 11 is 1.08. The number of aryl methyl sites for hydroxylation is 1. The molecule has 4 heterocycles. The predicted molar refractivity (Wildman–Crippen MR) is 123 cm³/mol. The molecule has 0 unspecified atom stereocenters. The third-order valence-electron chi connectivity index (χ3n) is 5.01. The van der Waals surface area contributed by atoms with Crippen LogP contribution in [0.1, 0.15) is 16.3 Å². The first-order chi connectivity index (χ1) is 15.1. The Kier molecular flexibility index (Phi) is 4.80. The molecule has 31 heavy (non-hydrogen) atoms. The van der Waals surface area contributed by atoms with E-state index in [1.807, 2.05) is 43.3 Å². The molecule has 0 atom stereocenters. The Labute approximate surface area is 182 Å². The quantitative estimate of drug-likeness (QED) is 0.331. The summed E-state index contributed by atoms with van der Waals surface area (Å²) in [7, 11) is 0. The van der Waals surface area contributed by atoms with Crippen LogP contribution in [0.5, 0.6) is 0 Å². The number of nitrogens with one attached hydrogen (secondary N) is 2. The highest BCUT2D eigenvalue weighted by atomic mass is 32.1. The van der Waals surface area contributed by atoms with Crippen molar-refractivity contribution in [2.45, 2.75) is 6.92 Å². The highest BCUT2D eigenvalue weighted by Gasteiger charge is 2.19. The number of H-pyrrole nitrogens is 2. The maximum Gasteiger partial charge on any atom is 0.176 e. The van der Waals surface area contributed by atoms with Gasteiger partial charge >= 0.3 is 0 Å². The second-order valence-corrected chi connectivity index (χ2v) is 8.06. The summed E-state index contributed by atoms with van der Waals surface area (Å²) in [6, 6.07) is 15.1. The lowest BCUT2D eigenvalue weighted by Gasteiger charge is -2.02. The van der Waals surface area contributed by atoms with Gasteiger partial charge in [-0.2, -0.15) is 9.49 Å². The van der Waals surface area contributed by atoms with E-state index in [0.29, 0.717) is 5.82 Å². The third-order valence-corrected chi connectivity index (χ3v) is 5.92. The Hall–Kier alpha value is -3.84. The van der Waals surface area contributed by atoms with Crippen LogP contribution in [-0.2, 0) is 0 Å². The summed E-state index contributed by atoms with van der Waals surface area (Å²) in [5, 5.41) is 8.28. The van der Waals surface area contributed by atoms with Crippen molar-refractivity contribution in [3.8, 4) is 22.8 Å². The molecule has 5 rings (SSSR count). The molecule has 0 saturated carbocycles. The van der Waals surface area contributed by atoms with Crippen molar-refractivity contribution in [2.75, 3.05) is 0 Å². The zero-order valence-electron chi connectivity index (χ0n) is 16.7. The highest BCUT2D eigenvalue weighted by molar-refractivity contribution is 7.11. The van der Waals surface area contributed by atoms with Crippen LogP contribution in [0.4, 0.5) is 4.39 Å². The monoisotopic (exact) mass is 427 g/mol. The van der Waals surface area contributed by atoms with Crippen molar-refractivity contribution in [3.63, 3.8) is 0 Å². The topological polar surface area (TPSA) is 70.2 Å². The fourth-order valence-electron chi connectivity index (χ4n) is 3.58. The van der Waals surface area contributed by atoms with Gasteiger partial charge in [0, 0.05) is 33.3 Å². The second kappa shape index (κ2) is 7.77. The number of nitrogens with zero attached hydrogens (tertiary/aromatic N) is 3. The summed E-state index contributed by atoms with van der Waals surface area (Å²) in [5.74, 6) is 0.643. The molecule has 7 heteroatoms. The molecule has 0 aliphatic rings. The van der Waals surface area contributed by atoms with E-state index >= 15 is 0 Å². The molecule has 1 aromatic carbocycles. The van der Waals surface area contributed by atoms with E-state index in [9.17, 15) is 4.39 Å². The number of aromatic nitrogens is 5. The fourth-order valence-corrected chi connectivity index (χ4v) is 4.33. The van der Waals surface area contributed by atoms with Gasteiger partial charge in [0.1, 0.15) is 5.69 Å². The van der Waals surface area contributed by atoms with E-state index in [1.165, 1.54) is 6.07 Å². The number of benzene rings is 1. The van der Waals surface area contributed by atoms with Crippen molar-refractivity contribution in [1.29, 1.82) is 0 Å². The number of fused-ring (bicyclic) bond motifs is 1. The summed E-state index contributed by atoms with van der Waals surface area (Å²) in [6.45, 7) is 5.74. The molecule has 0 bridgehead atoms. The van der Waals surface area contributed by atoms with Crippen LogP contribution in [0.15, 0.2) is 73.5 Å². The molecule has 0 fully saturated rings. The maximum absolute atomic E-state index is 13.6. The number of hydrogen-bond acceptors (Lipinski definition) is 4. The van der Waals surface area contributed by atoms with Crippen LogP contribution >= 0.6 is 11.3 Å². The highest BCUT2D eigenvalue weighted by Crippen LogP contribution is 2.33. The number of aromatic amines is 2. The minimum Gasteiger partial charge on any atom is -0.340 e. The molecular weight excluding hydrogens is 409 g/mol. The molecule has 0 spiro atoms. The Morgan fingerprint density at radius 1 is 1.16 bits per heavy atom. The molecule has 0 aliphatic carbocycles. The largest absolute Gasteiger partial charge is 0.340 e. The lowest BCUT2D eigenvalue weighted by molar-refractivity contribution is 0.657. The first kappa shape index (κ1) is 19.1. The van der Waals surface area contributed by atoms with Crippen LogP contribution < -0.4 is 0 Å². The van der Waals surface area contributed by atoms with Crippen molar-refractivity contribution >= 4 is 27.8 Å². The third kappa shape index (κ3) is 3.49. The van der Waals surface area contributed by atoms with Gasteiger partial charge < -0.3 is 4.98 Å². The first-order valence-corrected chi connectivity index (χ1v) is 10.5. The van der Waals surface area contributed by atoms with Gasteiger partial charge in [-0.3, -0.25) is 10.1 Å². The smallest absolute Gasteiger partial charge is 0.176 e. The Morgan fingerprint density at radius 3 is 2.81 bits per heavy atom. The Morgan fingerprint density at radius 2 is 2.06 bits per heavy atom. The predicted octanol–water partition coefficient (Wildman–Crippen LogP) is 6.14. The second-order valence-electron chi connectivity index (χ2n) is 7.03. The minimum atomic E-state index is -0.237. The first-order valence-electron chi connectivity index (χ1n) is 9.69. The van der Waals surface area contributed by atoms with Gasteiger partial charge in [0.25, 0.3) is 0 Å². The SMILES string of the molecule is C=C/C=C(/c1ccc(F)s1)c1nc(-c2n[nH]c3ccc(-c4ccccn4)cc23)[nH]c1C. The summed E-state index contributed by atoms with van der Waals surface area (Å²) in [4.78, 5) is 13.4. The van der Waals surface area contributed by atoms with E-state index in [2.05, 4.69) is 32.8 Å². The number of thiophene rings is 1. The normalized spacial score (nSPS) is 11.9. The molecule has 0 saturated heterocycles. The van der Waals surface area contributed by atoms with Gasteiger partial charge in [-0.05, 0) is 43.3 Å². The Balaban J connectivity index is 1.61. The van der Waals surface area contributed by atoms with Gasteiger partial charge in [-0.15, -0.1) is 11.3 Å². The number of allylic oxidation sites excluding steroid dienone is 2. The van der Waals surface area contributed by atoms with E-state index in [-0.39, 0.29) is 5.13 Å². The van der Waals surface area contributed by atoms with Crippen LogP contribution in [-0.4, -0.2) is 25.1 Å².